The second-order valence-corrected chi connectivity index (χ2v) is 8.45. The SMILES string of the molecule is Cc1cnc(C)c(-c2ccc(F)c3c2O[C@@H](CNC(=O)Cc2ccc4ccccc4c2)C3)n1. The Hall–Kier alpha value is -3.80. The average Bonchev–Trinajstić information content (AvgIpc) is 3.25. The molecule has 1 aliphatic rings. The predicted molar refractivity (Wildman–Crippen MR) is 126 cm³/mol. The van der Waals surface area contributed by atoms with Gasteiger partial charge < -0.3 is 10.1 Å². The van der Waals surface area contributed by atoms with Crippen molar-refractivity contribution in [3.8, 4) is 17.0 Å². The maximum atomic E-state index is 14.6. The van der Waals surface area contributed by atoms with Crippen molar-refractivity contribution in [3.63, 3.8) is 0 Å². The topological polar surface area (TPSA) is 64.1 Å². The average molecular weight is 442 g/mol. The van der Waals surface area contributed by atoms with E-state index in [0.29, 0.717) is 30.0 Å². The van der Waals surface area contributed by atoms with Crippen LogP contribution in [0.15, 0.2) is 60.8 Å². The maximum Gasteiger partial charge on any atom is 0.224 e. The van der Waals surface area contributed by atoms with Crippen LogP contribution in [-0.4, -0.2) is 28.5 Å². The van der Waals surface area contributed by atoms with Crippen molar-refractivity contribution in [1.29, 1.82) is 0 Å². The third-order valence-corrected chi connectivity index (χ3v) is 5.96. The summed E-state index contributed by atoms with van der Waals surface area (Å²) >= 11 is 0. The zero-order valence-corrected chi connectivity index (χ0v) is 18.6. The Morgan fingerprint density at radius 3 is 2.79 bits per heavy atom. The summed E-state index contributed by atoms with van der Waals surface area (Å²) < 4.78 is 20.7. The number of hydrogen-bond acceptors (Lipinski definition) is 4. The standard InChI is InChI=1S/C27H24FN3O2/c1-16-14-29-17(2)26(31-16)22-9-10-24(28)23-13-21(33-27(22)23)15-30-25(32)12-18-7-8-19-5-3-4-6-20(19)11-18/h3-11,14,21H,12-13,15H2,1-2H3,(H,30,32)/t21-/m1/s1. The van der Waals surface area contributed by atoms with E-state index in [-0.39, 0.29) is 24.2 Å². The lowest BCUT2D eigenvalue weighted by molar-refractivity contribution is -0.120. The van der Waals surface area contributed by atoms with Crippen LogP contribution < -0.4 is 10.1 Å². The fourth-order valence-corrected chi connectivity index (χ4v) is 4.28. The number of carbonyl (C=O) groups excluding carboxylic acids is 1. The molecule has 1 atom stereocenters. The van der Waals surface area contributed by atoms with Gasteiger partial charge in [0.2, 0.25) is 5.91 Å². The molecule has 1 amide bonds. The van der Waals surface area contributed by atoms with Crippen molar-refractivity contribution >= 4 is 16.7 Å². The molecule has 0 radical (unpaired) electrons. The molecule has 1 aromatic heterocycles. The lowest BCUT2D eigenvalue weighted by Gasteiger charge is -2.14. The van der Waals surface area contributed by atoms with E-state index in [4.69, 9.17) is 4.74 Å². The van der Waals surface area contributed by atoms with Gasteiger partial charge in [0, 0.05) is 23.7 Å². The molecule has 0 aliphatic carbocycles. The molecule has 0 fully saturated rings. The molecule has 1 aliphatic heterocycles. The normalized spacial score (nSPS) is 14.7. The number of carbonyl (C=O) groups is 1. The Labute approximate surface area is 191 Å². The quantitative estimate of drug-likeness (QED) is 0.487. The molecule has 1 N–H and O–H groups in total. The highest BCUT2D eigenvalue weighted by atomic mass is 19.1. The molecule has 2 heterocycles. The first kappa shape index (κ1) is 21.1. The van der Waals surface area contributed by atoms with Gasteiger partial charge in [-0.2, -0.15) is 0 Å². The van der Waals surface area contributed by atoms with E-state index >= 15 is 0 Å². The Bertz CT molecular complexity index is 1370. The number of aryl methyl sites for hydroxylation is 2. The molecule has 5 nitrogen and oxygen atoms in total. The number of nitrogens with one attached hydrogen (secondary N) is 1. The minimum Gasteiger partial charge on any atom is -0.487 e. The van der Waals surface area contributed by atoms with E-state index in [0.717, 1.165) is 33.3 Å². The highest BCUT2D eigenvalue weighted by Crippen LogP contribution is 2.40. The predicted octanol–water partition coefficient (Wildman–Crippen LogP) is 4.72. The molecule has 33 heavy (non-hydrogen) atoms. The molecular formula is C27H24FN3O2. The van der Waals surface area contributed by atoms with Gasteiger partial charge in [0.1, 0.15) is 17.7 Å². The van der Waals surface area contributed by atoms with Crippen molar-refractivity contribution in [2.24, 2.45) is 0 Å². The molecule has 3 aromatic carbocycles. The monoisotopic (exact) mass is 441 g/mol. The van der Waals surface area contributed by atoms with Crippen molar-refractivity contribution in [2.45, 2.75) is 32.8 Å². The van der Waals surface area contributed by atoms with Crippen LogP contribution >= 0.6 is 0 Å². The van der Waals surface area contributed by atoms with Crippen LogP contribution in [0.3, 0.4) is 0 Å². The van der Waals surface area contributed by atoms with E-state index < -0.39 is 0 Å². The van der Waals surface area contributed by atoms with Crippen molar-refractivity contribution < 1.29 is 13.9 Å². The molecule has 0 spiro atoms. The molecule has 0 saturated carbocycles. The molecular weight excluding hydrogens is 417 g/mol. The van der Waals surface area contributed by atoms with E-state index in [9.17, 15) is 9.18 Å². The Morgan fingerprint density at radius 2 is 1.94 bits per heavy atom. The number of benzene rings is 3. The van der Waals surface area contributed by atoms with Gasteiger partial charge in [-0.3, -0.25) is 9.78 Å². The fourth-order valence-electron chi connectivity index (χ4n) is 4.28. The number of hydrogen-bond donors (Lipinski definition) is 1. The third kappa shape index (κ3) is 4.29. The van der Waals surface area contributed by atoms with Crippen LogP contribution in [0.4, 0.5) is 4.39 Å². The fraction of sp³-hybridized carbons (Fsp3) is 0.222. The Morgan fingerprint density at radius 1 is 1.12 bits per heavy atom. The van der Waals surface area contributed by atoms with Gasteiger partial charge >= 0.3 is 0 Å². The summed E-state index contributed by atoms with van der Waals surface area (Å²) in [5.41, 5.74) is 4.42. The van der Waals surface area contributed by atoms with Crippen molar-refractivity contribution in [3.05, 3.63) is 89.1 Å². The minimum absolute atomic E-state index is 0.0917. The third-order valence-electron chi connectivity index (χ3n) is 5.96. The highest BCUT2D eigenvalue weighted by Gasteiger charge is 2.30. The first-order valence-electron chi connectivity index (χ1n) is 11.0. The van der Waals surface area contributed by atoms with Gasteiger partial charge in [-0.25, -0.2) is 9.37 Å². The molecule has 0 unspecified atom stereocenters. The smallest absolute Gasteiger partial charge is 0.224 e. The molecule has 5 rings (SSSR count). The summed E-state index contributed by atoms with van der Waals surface area (Å²) in [5.74, 6) is 0.0923. The number of ether oxygens (including phenoxy) is 1. The number of fused-ring (bicyclic) bond motifs is 2. The Kier molecular flexibility index (Phi) is 5.50. The molecule has 0 saturated heterocycles. The maximum absolute atomic E-state index is 14.6. The lowest BCUT2D eigenvalue weighted by atomic mass is 10.0. The molecule has 166 valence electrons. The number of aromatic nitrogens is 2. The Balaban J connectivity index is 1.27. The van der Waals surface area contributed by atoms with Gasteiger partial charge in [0.05, 0.1) is 30.0 Å². The van der Waals surface area contributed by atoms with E-state index in [2.05, 4.69) is 15.3 Å². The second kappa shape index (κ2) is 8.62. The highest BCUT2D eigenvalue weighted by molar-refractivity contribution is 5.85. The molecule has 4 aromatic rings. The van der Waals surface area contributed by atoms with Crippen molar-refractivity contribution in [2.75, 3.05) is 6.54 Å². The first-order valence-corrected chi connectivity index (χ1v) is 11.0. The minimum atomic E-state index is -0.339. The van der Waals surface area contributed by atoms with E-state index in [1.165, 1.54) is 6.07 Å². The van der Waals surface area contributed by atoms with Crippen LogP contribution in [0, 0.1) is 19.7 Å². The van der Waals surface area contributed by atoms with E-state index in [1.807, 2.05) is 56.3 Å². The number of rotatable bonds is 5. The second-order valence-electron chi connectivity index (χ2n) is 8.45. The number of amides is 1. The van der Waals surface area contributed by atoms with Crippen LogP contribution in [0.5, 0.6) is 5.75 Å². The summed E-state index contributed by atoms with van der Waals surface area (Å²) in [7, 11) is 0. The van der Waals surface area contributed by atoms with Crippen molar-refractivity contribution in [1.82, 2.24) is 15.3 Å². The summed E-state index contributed by atoms with van der Waals surface area (Å²) in [6.07, 6.45) is 2.04. The summed E-state index contributed by atoms with van der Waals surface area (Å²) in [4.78, 5) is 21.5. The van der Waals surface area contributed by atoms with Gasteiger partial charge in [-0.05, 0) is 42.3 Å². The van der Waals surface area contributed by atoms with Gasteiger partial charge in [0.25, 0.3) is 0 Å². The summed E-state index contributed by atoms with van der Waals surface area (Å²) in [6, 6.07) is 17.2. The van der Waals surface area contributed by atoms with Crippen LogP contribution in [0.2, 0.25) is 0 Å². The van der Waals surface area contributed by atoms with Gasteiger partial charge in [-0.15, -0.1) is 0 Å². The largest absolute Gasteiger partial charge is 0.487 e. The van der Waals surface area contributed by atoms with Gasteiger partial charge in [0.15, 0.2) is 0 Å². The zero-order chi connectivity index (χ0) is 22.9. The zero-order valence-electron chi connectivity index (χ0n) is 18.6. The number of nitrogens with zero attached hydrogens (tertiary/aromatic N) is 2. The van der Waals surface area contributed by atoms with Crippen LogP contribution in [0.1, 0.15) is 22.5 Å². The summed E-state index contributed by atoms with van der Waals surface area (Å²) in [6.45, 7) is 4.05. The first-order chi connectivity index (χ1) is 16.0. The van der Waals surface area contributed by atoms with Gasteiger partial charge in [-0.1, -0.05) is 42.5 Å². The van der Waals surface area contributed by atoms with E-state index in [1.54, 1.807) is 12.3 Å². The lowest BCUT2D eigenvalue weighted by Crippen LogP contribution is -2.35. The summed E-state index contributed by atoms with van der Waals surface area (Å²) in [5, 5.41) is 5.19. The molecule has 0 bridgehead atoms. The van der Waals surface area contributed by atoms with Crippen LogP contribution in [-0.2, 0) is 17.6 Å². The number of halogens is 1. The van der Waals surface area contributed by atoms with Crippen LogP contribution in [0.25, 0.3) is 22.0 Å². The molecule has 6 heteroatoms.